The Hall–Kier alpha value is -2.11. The number of nitrogen functional groups attached to an aromatic ring is 1. The van der Waals surface area contributed by atoms with Crippen LogP contribution in [0.3, 0.4) is 0 Å². The van der Waals surface area contributed by atoms with E-state index >= 15 is 0 Å². The molecule has 0 spiro atoms. The summed E-state index contributed by atoms with van der Waals surface area (Å²) < 4.78 is 26.5. The van der Waals surface area contributed by atoms with Crippen molar-refractivity contribution in [2.45, 2.75) is 18.7 Å². The first kappa shape index (κ1) is 15.9. The van der Waals surface area contributed by atoms with E-state index in [0.717, 1.165) is 0 Å². The highest BCUT2D eigenvalue weighted by Crippen LogP contribution is 2.19. The maximum Gasteiger partial charge on any atom is 0.241 e. The van der Waals surface area contributed by atoms with E-state index in [0.29, 0.717) is 0 Å². The Balaban J connectivity index is 3.08. The number of hydrogen-bond acceptors (Lipinski definition) is 5. The van der Waals surface area contributed by atoms with Crippen molar-refractivity contribution in [1.29, 1.82) is 5.26 Å². The van der Waals surface area contributed by atoms with Crippen LogP contribution in [0.2, 0.25) is 0 Å². The number of primary amides is 1. The molecule has 108 valence electrons. The zero-order valence-corrected chi connectivity index (χ0v) is 12.0. The van der Waals surface area contributed by atoms with Crippen molar-refractivity contribution in [2.24, 2.45) is 11.1 Å². The number of sulfonamides is 1. The second kappa shape index (κ2) is 5.48. The van der Waals surface area contributed by atoms with Crippen LogP contribution >= 0.6 is 0 Å². The normalized spacial score (nSPS) is 11.8. The Morgan fingerprint density at radius 1 is 1.45 bits per heavy atom. The van der Waals surface area contributed by atoms with Crippen LogP contribution in [0.5, 0.6) is 0 Å². The van der Waals surface area contributed by atoms with Crippen LogP contribution in [0.4, 0.5) is 5.69 Å². The number of nitrogens with zero attached hydrogens (tertiary/aromatic N) is 1. The van der Waals surface area contributed by atoms with Crippen LogP contribution in [-0.4, -0.2) is 20.9 Å². The van der Waals surface area contributed by atoms with E-state index in [2.05, 4.69) is 4.72 Å². The molecule has 0 aliphatic rings. The van der Waals surface area contributed by atoms with Crippen LogP contribution in [0.1, 0.15) is 19.4 Å². The summed E-state index contributed by atoms with van der Waals surface area (Å²) in [4.78, 5) is 11.0. The van der Waals surface area contributed by atoms with E-state index in [1.807, 2.05) is 0 Å². The van der Waals surface area contributed by atoms with Crippen LogP contribution in [0, 0.1) is 16.7 Å². The lowest BCUT2D eigenvalue weighted by Gasteiger charge is -2.20. The van der Waals surface area contributed by atoms with Crippen LogP contribution in [0.25, 0.3) is 0 Å². The first-order valence-corrected chi connectivity index (χ1v) is 7.17. The standard InChI is InChI=1S/C12H16N4O3S/c1-12(2,11(15)17)7-16-20(18,19)10-4-3-9(14)5-8(10)6-13/h3-5,16H,7,14H2,1-2H3,(H2,15,17). The maximum atomic E-state index is 12.1. The molecule has 0 heterocycles. The summed E-state index contributed by atoms with van der Waals surface area (Å²) in [5.41, 5.74) is 9.87. The highest BCUT2D eigenvalue weighted by atomic mass is 32.2. The van der Waals surface area contributed by atoms with E-state index in [1.54, 1.807) is 6.07 Å². The Bertz CT molecular complexity index is 674. The predicted octanol–water partition coefficient (Wildman–Crippen LogP) is -0.0697. The summed E-state index contributed by atoms with van der Waals surface area (Å²) in [6.07, 6.45) is 0. The summed E-state index contributed by atoms with van der Waals surface area (Å²) in [6.45, 7) is 2.87. The minimum Gasteiger partial charge on any atom is -0.399 e. The number of benzene rings is 1. The molecule has 0 saturated heterocycles. The fourth-order valence-corrected chi connectivity index (χ4v) is 2.66. The lowest BCUT2D eigenvalue weighted by Crippen LogP contribution is -2.42. The van der Waals surface area contributed by atoms with Gasteiger partial charge in [0.25, 0.3) is 0 Å². The highest BCUT2D eigenvalue weighted by molar-refractivity contribution is 7.89. The van der Waals surface area contributed by atoms with Gasteiger partial charge >= 0.3 is 0 Å². The fraction of sp³-hybridized carbons (Fsp3) is 0.333. The molecule has 8 heteroatoms. The average Bonchev–Trinajstić information content (AvgIpc) is 2.36. The lowest BCUT2D eigenvalue weighted by molar-refractivity contribution is -0.125. The molecule has 0 aliphatic heterocycles. The second-order valence-electron chi connectivity index (χ2n) is 4.94. The highest BCUT2D eigenvalue weighted by Gasteiger charge is 2.28. The molecule has 5 N–H and O–H groups in total. The predicted molar refractivity (Wildman–Crippen MR) is 73.7 cm³/mol. The van der Waals surface area contributed by atoms with Gasteiger partial charge in [-0.25, -0.2) is 13.1 Å². The van der Waals surface area contributed by atoms with E-state index in [-0.39, 0.29) is 22.7 Å². The second-order valence-corrected chi connectivity index (χ2v) is 6.68. The largest absolute Gasteiger partial charge is 0.399 e. The van der Waals surface area contributed by atoms with E-state index in [9.17, 15) is 13.2 Å². The van der Waals surface area contributed by atoms with Gasteiger partial charge in [-0.3, -0.25) is 4.79 Å². The molecule has 0 saturated carbocycles. The molecule has 7 nitrogen and oxygen atoms in total. The van der Waals surface area contributed by atoms with Crippen molar-refractivity contribution in [3.05, 3.63) is 23.8 Å². The number of carbonyl (C=O) groups is 1. The molecule has 0 fully saturated rings. The molecule has 0 radical (unpaired) electrons. The third-order valence-corrected chi connectivity index (χ3v) is 4.24. The molecule has 1 rings (SSSR count). The van der Waals surface area contributed by atoms with Gasteiger partial charge < -0.3 is 11.5 Å². The summed E-state index contributed by atoms with van der Waals surface area (Å²) in [6, 6.07) is 5.67. The van der Waals surface area contributed by atoms with Crippen molar-refractivity contribution in [3.63, 3.8) is 0 Å². The Morgan fingerprint density at radius 3 is 2.55 bits per heavy atom. The molecule has 0 atom stereocenters. The van der Waals surface area contributed by atoms with Crippen LogP contribution in [-0.2, 0) is 14.8 Å². The molecule has 1 amide bonds. The minimum atomic E-state index is -3.92. The lowest BCUT2D eigenvalue weighted by atomic mass is 9.93. The van der Waals surface area contributed by atoms with Crippen molar-refractivity contribution >= 4 is 21.6 Å². The number of nitriles is 1. The first-order chi connectivity index (χ1) is 9.10. The van der Waals surface area contributed by atoms with Gasteiger partial charge in [-0.1, -0.05) is 0 Å². The van der Waals surface area contributed by atoms with Crippen molar-refractivity contribution < 1.29 is 13.2 Å². The average molecular weight is 296 g/mol. The van der Waals surface area contributed by atoms with E-state index in [4.69, 9.17) is 16.7 Å². The third-order valence-electron chi connectivity index (χ3n) is 2.78. The number of amides is 1. The zero-order chi connectivity index (χ0) is 15.6. The van der Waals surface area contributed by atoms with Gasteiger partial charge in [0.2, 0.25) is 15.9 Å². The molecule has 20 heavy (non-hydrogen) atoms. The summed E-state index contributed by atoms with van der Waals surface area (Å²) >= 11 is 0. The van der Waals surface area contributed by atoms with Gasteiger partial charge in [-0.15, -0.1) is 0 Å². The number of hydrogen-bond donors (Lipinski definition) is 3. The Kier molecular flexibility index (Phi) is 4.37. The molecule has 0 aromatic heterocycles. The molecule has 1 aromatic carbocycles. The van der Waals surface area contributed by atoms with Gasteiger partial charge in [0.1, 0.15) is 6.07 Å². The minimum absolute atomic E-state index is 0.0608. The van der Waals surface area contributed by atoms with Gasteiger partial charge in [-0.2, -0.15) is 5.26 Å². The van der Waals surface area contributed by atoms with Gasteiger partial charge in [-0.05, 0) is 32.0 Å². The number of nitrogens with two attached hydrogens (primary N) is 2. The van der Waals surface area contributed by atoms with Crippen molar-refractivity contribution in [2.75, 3.05) is 12.3 Å². The van der Waals surface area contributed by atoms with E-state index < -0.39 is 21.3 Å². The summed E-state index contributed by atoms with van der Waals surface area (Å²) in [7, 11) is -3.92. The monoisotopic (exact) mass is 296 g/mol. The third kappa shape index (κ3) is 3.46. The van der Waals surface area contributed by atoms with E-state index in [1.165, 1.54) is 32.0 Å². The zero-order valence-electron chi connectivity index (χ0n) is 11.2. The summed E-state index contributed by atoms with van der Waals surface area (Å²) in [5.74, 6) is -0.627. The SMILES string of the molecule is CC(C)(CNS(=O)(=O)c1ccc(N)cc1C#N)C(N)=O. The fourth-order valence-electron chi connectivity index (χ4n) is 1.31. The van der Waals surface area contributed by atoms with Gasteiger partial charge in [0, 0.05) is 12.2 Å². The summed E-state index contributed by atoms with van der Waals surface area (Å²) in [5, 5.41) is 8.95. The Labute approximate surface area is 117 Å². The van der Waals surface area contributed by atoms with Gasteiger partial charge in [0.05, 0.1) is 15.9 Å². The maximum absolute atomic E-state index is 12.1. The molecule has 1 aromatic rings. The quantitative estimate of drug-likeness (QED) is 0.653. The molecule has 0 unspecified atom stereocenters. The van der Waals surface area contributed by atoms with Gasteiger partial charge in [0.15, 0.2) is 0 Å². The molecule has 0 aliphatic carbocycles. The topological polar surface area (TPSA) is 139 Å². The molecular formula is C12H16N4O3S. The number of rotatable bonds is 5. The smallest absolute Gasteiger partial charge is 0.241 e. The van der Waals surface area contributed by atoms with Crippen molar-refractivity contribution in [3.8, 4) is 6.07 Å². The number of anilines is 1. The number of nitrogens with one attached hydrogen (secondary N) is 1. The first-order valence-electron chi connectivity index (χ1n) is 5.69. The van der Waals surface area contributed by atoms with Crippen LogP contribution in [0.15, 0.2) is 23.1 Å². The molecular weight excluding hydrogens is 280 g/mol. The van der Waals surface area contributed by atoms with Crippen molar-refractivity contribution in [1.82, 2.24) is 4.72 Å². The van der Waals surface area contributed by atoms with Crippen LogP contribution < -0.4 is 16.2 Å². The molecule has 0 bridgehead atoms. The number of carbonyl (C=O) groups excluding carboxylic acids is 1. The Morgan fingerprint density at radius 2 is 2.05 bits per heavy atom.